The molecule has 1 aromatic heterocycles. The average Bonchev–Trinajstić information content (AvgIpc) is 3.11. The van der Waals surface area contributed by atoms with E-state index in [0.29, 0.717) is 19.7 Å². The molecule has 174 valence electrons. The largest absolute Gasteiger partial charge is 0.461 e. The van der Waals surface area contributed by atoms with Crippen LogP contribution < -0.4 is 0 Å². The van der Waals surface area contributed by atoms with E-state index in [1.807, 2.05) is 37.8 Å². The van der Waals surface area contributed by atoms with Crippen LogP contribution in [0.2, 0.25) is 0 Å². The summed E-state index contributed by atoms with van der Waals surface area (Å²) in [6, 6.07) is 8.24. The first-order valence-electron chi connectivity index (χ1n) is 11.9. The van der Waals surface area contributed by atoms with E-state index in [4.69, 9.17) is 13.9 Å². The molecule has 32 heavy (non-hydrogen) atoms. The van der Waals surface area contributed by atoms with Gasteiger partial charge in [0.1, 0.15) is 16.9 Å². The summed E-state index contributed by atoms with van der Waals surface area (Å²) in [6.45, 7) is 16.4. The quantitative estimate of drug-likeness (QED) is 0.501. The fourth-order valence-corrected chi connectivity index (χ4v) is 5.26. The Morgan fingerprint density at radius 1 is 1.25 bits per heavy atom. The number of carbonyl (C=O) groups is 1. The Morgan fingerprint density at radius 3 is 2.56 bits per heavy atom. The third-order valence-electron chi connectivity index (χ3n) is 7.01. The molecular formula is C27H37NO4. The van der Waals surface area contributed by atoms with Crippen LogP contribution in [-0.2, 0) is 15.9 Å². The Labute approximate surface area is 191 Å². The zero-order chi connectivity index (χ0) is 23.1. The van der Waals surface area contributed by atoms with E-state index < -0.39 is 5.60 Å². The second-order valence-corrected chi connectivity index (χ2v) is 10.6. The maximum absolute atomic E-state index is 12.5. The van der Waals surface area contributed by atoms with Crippen LogP contribution >= 0.6 is 0 Å². The number of rotatable bonds is 3. The van der Waals surface area contributed by atoms with Gasteiger partial charge >= 0.3 is 6.09 Å². The highest BCUT2D eigenvalue weighted by atomic mass is 16.6. The van der Waals surface area contributed by atoms with E-state index in [0.717, 1.165) is 48.0 Å². The minimum Gasteiger partial charge on any atom is -0.461 e. The van der Waals surface area contributed by atoms with Gasteiger partial charge in [0.05, 0.1) is 12.7 Å². The summed E-state index contributed by atoms with van der Waals surface area (Å²) in [5, 5.41) is 1.15. The predicted octanol–water partition coefficient (Wildman–Crippen LogP) is 6.67. The van der Waals surface area contributed by atoms with Gasteiger partial charge in [-0.25, -0.2) is 4.79 Å². The number of hydrogen-bond acceptors (Lipinski definition) is 4. The third kappa shape index (κ3) is 4.45. The van der Waals surface area contributed by atoms with E-state index in [-0.39, 0.29) is 23.5 Å². The van der Waals surface area contributed by atoms with Gasteiger partial charge in [-0.1, -0.05) is 37.3 Å². The molecule has 2 aliphatic heterocycles. The van der Waals surface area contributed by atoms with Crippen molar-refractivity contribution in [3.05, 3.63) is 47.7 Å². The van der Waals surface area contributed by atoms with Crippen molar-refractivity contribution in [3.63, 3.8) is 0 Å². The molecule has 0 unspecified atom stereocenters. The second-order valence-electron chi connectivity index (χ2n) is 10.6. The Kier molecular flexibility index (Phi) is 6.15. The SMILES string of the molecule is C=C(C)[C@@H]1CC2(CCN(C(=O)OC(C)(C)C)CC2)CO[C@H]1c1c(CC)oc2ccccc12. The molecule has 1 spiro atoms. The van der Waals surface area contributed by atoms with E-state index in [1.165, 1.54) is 5.56 Å². The summed E-state index contributed by atoms with van der Waals surface area (Å²) in [7, 11) is 0. The fraction of sp³-hybridized carbons (Fsp3) is 0.593. The van der Waals surface area contributed by atoms with Crippen LogP contribution in [0.15, 0.2) is 40.8 Å². The fourth-order valence-electron chi connectivity index (χ4n) is 5.26. The molecule has 2 fully saturated rings. The van der Waals surface area contributed by atoms with Crippen LogP contribution in [0.25, 0.3) is 11.0 Å². The lowest BCUT2D eigenvalue weighted by Gasteiger charge is -2.49. The van der Waals surface area contributed by atoms with Gasteiger partial charge in [0.25, 0.3) is 0 Å². The predicted molar refractivity (Wildman–Crippen MR) is 127 cm³/mol. The zero-order valence-corrected chi connectivity index (χ0v) is 20.2. The molecule has 1 aromatic carbocycles. The summed E-state index contributed by atoms with van der Waals surface area (Å²) in [4.78, 5) is 14.4. The summed E-state index contributed by atoms with van der Waals surface area (Å²) >= 11 is 0. The minimum atomic E-state index is -0.469. The summed E-state index contributed by atoms with van der Waals surface area (Å²) in [6.07, 6.45) is 3.46. The molecule has 2 saturated heterocycles. The van der Waals surface area contributed by atoms with Crippen molar-refractivity contribution in [2.45, 2.75) is 72.0 Å². The highest BCUT2D eigenvalue weighted by Crippen LogP contribution is 2.51. The monoisotopic (exact) mass is 439 g/mol. The summed E-state index contributed by atoms with van der Waals surface area (Å²) in [5.41, 5.74) is 2.87. The van der Waals surface area contributed by atoms with Crippen molar-refractivity contribution < 1.29 is 18.7 Å². The molecule has 0 radical (unpaired) electrons. The first-order chi connectivity index (χ1) is 15.1. The van der Waals surface area contributed by atoms with Crippen molar-refractivity contribution in [2.24, 2.45) is 11.3 Å². The molecule has 5 nitrogen and oxygen atoms in total. The van der Waals surface area contributed by atoms with Crippen molar-refractivity contribution in [1.82, 2.24) is 4.90 Å². The molecule has 0 N–H and O–H groups in total. The van der Waals surface area contributed by atoms with E-state index in [9.17, 15) is 4.79 Å². The number of piperidine rings is 1. The van der Waals surface area contributed by atoms with Crippen LogP contribution in [0.5, 0.6) is 0 Å². The molecule has 1 amide bonds. The normalized spacial score (nSPS) is 23.5. The topological polar surface area (TPSA) is 51.9 Å². The molecule has 2 aliphatic rings. The number of fused-ring (bicyclic) bond motifs is 1. The first kappa shape index (κ1) is 22.9. The number of carbonyl (C=O) groups excluding carboxylic acids is 1. The number of nitrogens with zero attached hydrogens (tertiary/aromatic N) is 1. The van der Waals surface area contributed by atoms with Crippen LogP contribution in [0.1, 0.15) is 71.3 Å². The number of amides is 1. The number of furan rings is 1. The molecule has 2 aromatic rings. The van der Waals surface area contributed by atoms with Gasteiger partial charge in [-0.15, -0.1) is 0 Å². The van der Waals surface area contributed by atoms with Crippen LogP contribution in [0.3, 0.4) is 0 Å². The maximum Gasteiger partial charge on any atom is 0.410 e. The molecule has 4 rings (SSSR count). The van der Waals surface area contributed by atoms with E-state index in [2.05, 4.69) is 32.6 Å². The van der Waals surface area contributed by atoms with Gasteiger partial charge in [0.15, 0.2) is 0 Å². The molecule has 5 heteroatoms. The number of benzene rings is 1. The maximum atomic E-state index is 12.5. The van der Waals surface area contributed by atoms with E-state index in [1.54, 1.807) is 0 Å². The number of aryl methyl sites for hydroxylation is 1. The standard InChI is InChI=1S/C27H37NO4/c1-7-21-23(19-10-8-9-11-22(19)31-21)24-20(18(2)3)16-27(17-30-24)12-14-28(15-13-27)25(29)32-26(4,5)6/h8-11,20,24H,2,7,12-17H2,1,3-6H3/t20-,24+/m0/s1. The Balaban J connectivity index is 1.53. The van der Waals surface area contributed by atoms with E-state index >= 15 is 0 Å². The molecular weight excluding hydrogens is 402 g/mol. The molecule has 0 aliphatic carbocycles. The number of likely N-dealkylation sites (tertiary alicyclic amines) is 1. The lowest BCUT2D eigenvalue weighted by molar-refractivity contribution is -0.111. The van der Waals surface area contributed by atoms with Gasteiger partial charge < -0.3 is 18.8 Å². The molecule has 3 heterocycles. The first-order valence-corrected chi connectivity index (χ1v) is 11.9. The number of ether oxygens (including phenoxy) is 2. The van der Waals surface area contributed by atoms with Crippen LogP contribution in [0, 0.1) is 11.3 Å². The van der Waals surface area contributed by atoms with Crippen LogP contribution in [-0.4, -0.2) is 36.3 Å². The van der Waals surface area contributed by atoms with Crippen molar-refractivity contribution in [1.29, 1.82) is 0 Å². The van der Waals surface area contributed by atoms with Gasteiger partial charge in [0, 0.05) is 36.4 Å². The Morgan fingerprint density at radius 2 is 1.94 bits per heavy atom. The minimum absolute atomic E-state index is 0.0411. The summed E-state index contributed by atoms with van der Waals surface area (Å²) in [5.74, 6) is 1.24. The van der Waals surface area contributed by atoms with Gasteiger partial charge in [-0.2, -0.15) is 0 Å². The molecule has 0 saturated carbocycles. The van der Waals surface area contributed by atoms with Gasteiger partial charge in [-0.3, -0.25) is 0 Å². The lowest BCUT2D eigenvalue weighted by Crippen LogP contribution is -2.49. The van der Waals surface area contributed by atoms with Crippen molar-refractivity contribution >= 4 is 17.1 Å². The zero-order valence-electron chi connectivity index (χ0n) is 20.2. The average molecular weight is 440 g/mol. The molecule has 2 atom stereocenters. The third-order valence-corrected chi connectivity index (χ3v) is 7.01. The Bertz CT molecular complexity index is 991. The Hall–Kier alpha value is -2.27. The molecule has 0 bridgehead atoms. The number of para-hydroxylation sites is 1. The van der Waals surface area contributed by atoms with Gasteiger partial charge in [0.2, 0.25) is 0 Å². The van der Waals surface area contributed by atoms with Crippen LogP contribution in [0.4, 0.5) is 4.79 Å². The number of hydrogen-bond donors (Lipinski definition) is 0. The lowest BCUT2D eigenvalue weighted by atomic mass is 9.67. The highest BCUT2D eigenvalue weighted by Gasteiger charge is 2.46. The van der Waals surface area contributed by atoms with Gasteiger partial charge in [-0.05, 0) is 58.4 Å². The summed E-state index contributed by atoms with van der Waals surface area (Å²) < 4.78 is 18.4. The second kappa shape index (κ2) is 8.58. The van der Waals surface area contributed by atoms with Crippen molar-refractivity contribution in [2.75, 3.05) is 19.7 Å². The van der Waals surface area contributed by atoms with Crippen molar-refractivity contribution in [3.8, 4) is 0 Å². The smallest absolute Gasteiger partial charge is 0.410 e. The highest BCUT2D eigenvalue weighted by molar-refractivity contribution is 5.82.